The summed E-state index contributed by atoms with van der Waals surface area (Å²) in [5, 5.41) is 11.7. The number of methoxy groups -OCH3 is 2. The van der Waals surface area contributed by atoms with Crippen LogP contribution in [0.1, 0.15) is 23.7 Å². The molecule has 1 aromatic carbocycles. The first-order chi connectivity index (χ1) is 9.47. The third-order valence-corrected chi connectivity index (χ3v) is 2.70. The predicted molar refractivity (Wildman–Crippen MR) is 74.2 cm³/mol. The Morgan fingerprint density at radius 1 is 1.35 bits per heavy atom. The first kappa shape index (κ1) is 16.0. The molecule has 1 rings (SSSR count). The molecule has 0 bridgehead atoms. The van der Waals surface area contributed by atoms with Gasteiger partial charge in [0.05, 0.1) is 7.11 Å². The Labute approximate surface area is 117 Å². The fourth-order valence-electron chi connectivity index (χ4n) is 1.82. The Balaban J connectivity index is 2.73. The summed E-state index contributed by atoms with van der Waals surface area (Å²) in [5.74, 6) is -0.909. The molecule has 0 aliphatic carbocycles. The lowest BCUT2D eigenvalue weighted by Gasteiger charge is -2.12. The van der Waals surface area contributed by atoms with Crippen LogP contribution in [-0.2, 0) is 9.53 Å². The molecule has 1 aromatic rings. The summed E-state index contributed by atoms with van der Waals surface area (Å²) in [7, 11) is 2.97. The van der Waals surface area contributed by atoms with Crippen molar-refractivity contribution < 1.29 is 24.2 Å². The van der Waals surface area contributed by atoms with Gasteiger partial charge in [-0.25, -0.2) is 4.79 Å². The van der Waals surface area contributed by atoms with Crippen molar-refractivity contribution in [2.24, 2.45) is 5.92 Å². The molecule has 1 unspecified atom stereocenters. The van der Waals surface area contributed by atoms with Crippen LogP contribution in [0.15, 0.2) is 18.2 Å². The number of hydrogen-bond donors (Lipinski definition) is 2. The number of carboxylic acid groups (broad SMARTS) is 1. The topological polar surface area (TPSA) is 84.9 Å². The Morgan fingerprint density at radius 3 is 2.60 bits per heavy atom. The number of ether oxygens (including phenoxy) is 2. The van der Waals surface area contributed by atoms with Gasteiger partial charge < -0.3 is 19.9 Å². The van der Waals surface area contributed by atoms with Gasteiger partial charge in [0.15, 0.2) is 0 Å². The molecule has 0 saturated heterocycles. The van der Waals surface area contributed by atoms with Crippen LogP contribution in [0.25, 0.3) is 0 Å². The molecular weight excluding hydrogens is 262 g/mol. The number of aromatic carboxylic acids is 1. The van der Waals surface area contributed by atoms with Crippen LogP contribution in [0, 0.1) is 5.92 Å². The molecule has 2 N–H and O–H groups in total. The van der Waals surface area contributed by atoms with Gasteiger partial charge in [-0.15, -0.1) is 0 Å². The second-order valence-corrected chi connectivity index (χ2v) is 4.53. The fraction of sp³-hybridized carbons (Fsp3) is 0.429. The lowest BCUT2D eigenvalue weighted by molar-refractivity contribution is -0.117. The second kappa shape index (κ2) is 7.49. The quantitative estimate of drug-likeness (QED) is 0.798. The molecule has 0 spiro atoms. The Morgan fingerprint density at radius 2 is 2.05 bits per heavy atom. The van der Waals surface area contributed by atoms with Crippen molar-refractivity contribution in [2.45, 2.75) is 13.3 Å². The van der Waals surface area contributed by atoms with Gasteiger partial charge in [0.25, 0.3) is 0 Å². The SMILES string of the molecule is COCC(C)CC(=O)Nc1ccc(C(=O)O)c(OC)c1. The summed E-state index contributed by atoms with van der Waals surface area (Å²) in [6, 6.07) is 4.42. The number of carbonyl (C=O) groups is 2. The Bertz CT molecular complexity index is 486. The monoisotopic (exact) mass is 281 g/mol. The summed E-state index contributed by atoms with van der Waals surface area (Å²) < 4.78 is 9.96. The van der Waals surface area contributed by atoms with E-state index >= 15 is 0 Å². The van der Waals surface area contributed by atoms with Crippen molar-refractivity contribution in [3.05, 3.63) is 23.8 Å². The van der Waals surface area contributed by atoms with E-state index in [4.69, 9.17) is 14.6 Å². The maximum Gasteiger partial charge on any atom is 0.339 e. The standard InChI is InChI=1S/C14H19NO5/c1-9(8-19-2)6-13(16)15-10-4-5-11(14(17)18)12(7-10)20-3/h4-5,7,9H,6,8H2,1-3H3,(H,15,16)(H,17,18). The van der Waals surface area contributed by atoms with Gasteiger partial charge in [-0.2, -0.15) is 0 Å². The predicted octanol–water partition coefficient (Wildman–Crippen LogP) is 2.00. The summed E-state index contributed by atoms with van der Waals surface area (Å²) >= 11 is 0. The van der Waals surface area contributed by atoms with Crippen LogP contribution in [0.3, 0.4) is 0 Å². The van der Waals surface area contributed by atoms with E-state index in [1.807, 2.05) is 6.92 Å². The molecule has 0 heterocycles. The van der Waals surface area contributed by atoms with Gasteiger partial charge >= 0.3 is 5.97 Å². The minimum Gasteiger partial charge on any atom is -0.496 e. The molecule has 1 amide bonds. The minimum atomic E-state index is -1.08. The van der Waals surface area contributed by atoms with Crippen LogP contribution < -0.4 is 10.1 Å². The van der Waals surface area contributed by atoms with Crippen molar-refractivity contribution in [3.8, 4) is 5.75 Å². The molecule has 20 heavy (non-hydrogen) atoms. The van der Waals surface area contributed by atoms with Gasteiger partial charge in [0.2, 0.25) is 5.91 Å². The third kappa shape index (κ3) is 4.55. The highest BCUT2D eigenvalue weighted by Crippen LogP contribution is 2.23. The molecule has 0 fully saturated rings. The number of amides is 1. The molecule has 0 aliphatic rings. The highest BCUT2D eigenvalue weighted by atomic mass is 16.5. The Kier molecular flexibility index (Phi) is 5.99. The maximum absolute atomic E-state index is 11.8. The van der Waals surface area contributed by atoms with Gasteiger partial charge in [0.1, 0.15) is 11.3 Å². The van der Waals surface area contributed by atoms with Crippen LogP contribution in [-0.4, -0.2) is 37.8 Å². The van der Waals surface area contributed by atoms with Crippen LogP contribution >= 0.6 is 0 Å². The normalized spacial score (nSPS) is 11.8. The number of carboxylic acids is 1. The lowest BCUT2D eigenvalue weighted by Crippen LogP contribution is -2.17. The number of nitrogens with one attached hydrogen (secondary N) is 1. The highest BCUT2D eigenvalue weighted by molar-refractivity contribution is 5.94. The maximum atomic E-state index is 11.8. The molecule has 0 radical (unpaired) electrons. The molecule has 6 heteroatoms. The molecule has 1 atom stereocenters. The third-order valence-electron chi connectivity index (χ3n) is 2.70. The number of anilines is 1. The Hall–Kier alpha value is -2.08. The first-order valence-electron chi connectivity index (χ1n) is 6.18. The van der Waals surface area contributed by atoms with E-state index in [1.165, 1.54) is 25.3 Å². The van der Waals surface area contributed by atoms with Gasteiger partial charge in [-0.05, 0) is 18.1 Å². The van der Waals surface area contributed by atoms with Crippen LogP contribution in [0.2, 0.25) is 0 Å². The summed E-state index contributed by atoms with van der Waals surface area (Å²) in [4.78, 5) is 22.7. The zero-order chi connectivity index (χ0) is 15.1. The van der Waals surface area contributed by atoms with Gasteiger partial charge in [-0.1, -0.05) is 6.92 Å². The lowest BCUT2D eigenvalue weighted by atomic mass is 10.1. The summed E-state index contributed by atoms with van der Waals surface area (Å²) in [6.45, 7) is 2.42. The fourth-order valence-corrected chi connectivity index (χ4v) is 1.82. The van der Waals surface area contributed by atoms with Gasteiger partial charge in [0, 0.05) is 31.9 Å². The van der Waals surface area contributed by atoms with Crippen LogP contribution in [0.4, 0.5) is 5.69 Å². The van der Waals surface area contributed by atoms with E-state index in [0.29, 0.717) is 18.7 Å². The van der Waals surface area contributed by atoms with E-state index in [1.54, 1.807) is 7.11 Å². The smallest absolute Gasteiger partial charge is 0.339 e. The van der Waals surface area contributed by atoms with E-state index in [-0.39, 0.29) is 23.1 Å². The van der Waals surface area contributed by atoms with E-state index in [9.17, 15) is 9.59 Å². The second-order valence-electron chi connectivity index (χ2n) is 4.53. The summed E-state index contributed by atoms with van der Waals surface area (Å²) in [5.41, 5.74) is 0.555. The van der Waals surface area contributed by atoms with E-state index < -0.39 is 5.97 Å². The largest absolute Gasteiger partial charge is 0.496 e. The molecule has 6 nitrogen and oxygen atoms in total. The number of hydrogen-bond acceptors (Lipinski definition) is 4. The molecule has 110 valence electrons. The van der Waals surface area contributed by atoms with Crippen molar-refractivity contribution >= 4 is 17.6 Å². The van der Waals surface area contributed by atoms with Crippen LogP contribution in [0.5, 0.6) is 5.75 Å². The number of carbonyl (C=O) groups excluding carboxylic acids is 1. The zero-order valence-electron chi connectivity index (χ0n) is 11.8. The molecule has 0 aromatic heterocycles. The molecular formula is C14H19NO5. The average molecular weight is 281 g/mol. The van der Waals surface area contributed by atoms with Crippen molar-refractivity contribution in [2.75, 3.05) is 26.1 Å². The average Bonchev–Trinajstić information content (AvgIpc) is 2.38. The van der Waals surface area contributed by atoms with Crippen molar-refractivity contribution in [1.82, 2.24) is 0 Å². The summed E-state index contributed by atoms with van der Waals surface area (Å²) in [6.07, 6.45) is 0.330. The van der Waals surface area contributed by atoms with Crippen molar-refractivity contribution in [3.63, 3.8) is 0 Å². The molecule has 0 saturated carbocycles. The first-order valence-corrected chi connectivity index (χ1v) is 6.18. The van der Waals surface area contributed by atoms with E-state index in [0.717, 1.165) is 0 Å². The molecule has 0 aliphatic heterocycles. The highest BCUT2D eigenvalue weighted by Gasteiger charge is 2.13. The number of rotatable bonds is 7. The minimum absolute atomic E-state index is 0.0539. The van der Waals surface area contributed by atoms with Crippen molar-refractivity contribution in [1.29, 1.82) is 0 Å². The number of benzene rings is 1. The van der Waals surface area contributed by atoms with E-state index in [2.05, 4.69) is 5.32 Å². The zero-order valence-corrected chi connectivity index (χ0v) is 11.8. The van der Waals surface area contributed by atoms with Gasteiger partial charge in [-0.3, -0.25) is 4.79 Å².